The molecule has 128 valence electrons. The van der Waals surface area contributed by atoms with Crippen molar-refractivity contribution >= 4 is 17.7 Å². The fourth-order valence-corrected chi connectivity index (χ4v) is 3.96. The predicted octanol–water partition coefficient (Wildman–Crippen LogP) is 1.87. The van der Waals surface area contributed by atoms with Gasteiger partial charge in [0.1, 0.15) is 5.82 Å². The van der Waals surface area contributed by atoms with Crippen LogP contribution in [0, 0.1) is 0 Å². The van der Waals surface area contributed by atoms with Crippen LogP contribution in [0.1, 0.15) is 51.3 Å². The van der Waals surface area contributed by atoms with E-state index in [0.717, 1.165) is 50.0 Å². The third-order valence-electron chi connectivity index (χ3n) is 4.74. The molecule has 23 heavy (non-hydrogen) atoms. The molecule has 1 aromatic heterocycles. The van der Waals surface area contributed by atoms with Gasteiger partial charge in [0.05, 0.1) is 5.75 Å². The number of amides is 1. The number of likely N-dealkylation sites (tertiary alicyclic amines) is 1. The van der Waals surface area contributed by atoms with Gasteiger partial charge in [0.2, 0.25) is 5.91 Å². The second-order valence-corrected chi connectivity index (χ2v) is 7.37. The molecule has 1 aliphatic carbocycles. The van der Waals surface area contributed by atoms with Gasteiger partial charge < -0.3 is 14.8 Å². The lowest BCUT2D eigenvalue weighted by Crippen LogP contribution is -2.45. The predicted molar refractivity (Wildman–Crippen MR) is 91.7 cm³/mol. The highest BCUT2D eigenvalue weighted by Gasteiger charge is 2.30. The number of nitrogens with one attached hydrogen (secondary N) is 1. The van der Waals surface area contributed by atoms with E-state index in [9.17, 15) is 4.79 Å². The van der Waals surface area contributed by atoms with Crippen LogP contribution in [0.3, 0.4) is 0 Å². The normalized spacial score (nSPS) is 19.9. The van der Waals surface area contributed by atoms with Crippen LogP contribution in [0.25, 0.3) is 0 Å². The van der Waals surface area contributed by atoms with E-state index in [2.05, 4.69) is 38.8 Å². The Balaban J connectivity index is 1.46. The lowest BCUT2D eigenvalue weighted by molar-refractivity contribution is -0.119. The maximum absolute atomic E-state index is 12.2. The van der Waals surface area contributed by atoms with Crippen molar-refractivity contribution in [2.24, 2.45) is 0 Å². The zero-order chi connectivity index (χ0) is 16.2. The Bertz CT molecular complexity index is 535. The highest BCUT2D eigenvalue weighted by Crippen LogP contribution is 2.39. The largest absolute Gasteiger partial charge is 0.353 e. The smallest absolute Gasteiger partial charge is 0.230 e. The molecule has 1 saturated heterocycles. The minimum atomic E-state index is 0.114. The number of piperidine rings is 1. The van der Waals surface area contributed by atoms with E-state index in [1.165, 1.54) is 24.6 Å². The summed E-state index contributed by atoms with van der Waals surface area (Å²) in [6, 6.07) is 0.331. The molecule has 1 amide bonds. The van der Waals surface area contributed by atoms with Crippen molar-refractivity contribution in [2.45, 2.75) is 63.2 Å². The molecule has 2 heterocycles. The van der Waals surface area contributed by atoms with Gasteiger partial charge in [-0.2, -0.15) is 0 Å². The van der Waals surface area contributed by atoms with Crippen LogP contribution < -0.4 is 5.32 Å². The molecular formula is C16H27N5OS. The van der Waals surface area contributed by atoms with Gasteiger partial charge in [-0.15, -0.1) is 10.2 Å². The summed E-state index contributed by atoms with van der Waals surface area (Å²) in [5.41, 5.74) is 0. The number of carbonyl (C=O) groups is 1. The van der Waals surface area contributed by atoms with Crippen LogP contribution in [-0.4, -0.2) is 57.0 Å². The minimum absolute atomic E-state index is 0.114. The molecule has 0 bridgehead atoms. The summed E-state index contributed by atoms with van der Waals surface area (Å²) < 4.78 is 2.16. The lowest BCUT2D eigenvalue weighted by atomic mass is 10.1. The monoisotopic (exact) mass is 337 g/mol. The molecule has 1 aromatic rings. The molecule has 7 heteroatoms. The average molecular weight is 337 g/mol. The molecule has 1 N–H and O–H groups in total. The molecule has 3 rings (SSSR count). The first-order valence-corrected chi connectivity index (χ1v) is 9.77. The van der Waals surface area contributed by atoms with E-state index < -0.39 is 0 Å². The van der Waals surface area contributed by atoms with Gasteiger partial charge in [0, 0.05) is 31.6 Å². The average Bonchev–Trinajstić information content (AvgIpc) is 3.33. The van der Waals surface area contributed by atoms with Crippen LogP contribution in [0.2, 0.25) is 0 Å². The van der Waals surface area contributed by atoms with E-state index in [0.29, 0.717) is 17.7 Å². The highest BCUT2D eigenvalue weighted by atomic mass is 32.2. The lowest BCUT2D eigenvalue weighted by Gasteiger charge is -2.31. The molecule has 0 unspecified atom stereocenters. The van der Waals surface area contributed by atoms with Crippen LogP contribution in [0.4, 0.5) is 0 Å². The van der Waals surface area contributed by atoms with Crippen molar-refractivity contribution in [3.63, 3.8) is 0 Å². The number of carbonyl (C=O) groups excluding carboxylic acids is 1. The van der Waals surface area contributed by atoms with Crippen molar-refractivity contribution in [2.75, 3.05) is 25.4 Å². The Morgan fingerprint density at radius 3 is 2.52 bits per heavy atom. The highest BCUT2D eigenvalue weighted by molar-refractivity contribution is 7.99. The Morgan fingerprint density at radius 1 is 1.17 bits per heavy atom. The number of nitrogens with zero attached hydrogens (tertiary/aromatic N) is 4. The zero-order valence-electron chi connectivity index (χ0n) is 14.1. The molecule has 2 fully saturated rings. The number of aromatic nitrogens is 3. The second kappa shape index (κ2) is 7.66. The quantitative estimate of drug-likeness (QED) is 0.770. The summed E-state index contributed by atoms with van der Waals surface area (Å²) in [6.45, 7) is 8.45. The topological polar surface area (TPSA) is 63.1 Å². The van der Waals surface area contributed by atoms with Crippen molar-refractivity contribution in [3.05, 3.63) is 5.82 Å². The summed E-state index contributed by atoms with van der Waals surface area (Å²) in [6.07, 6.45) is 4.56. The maximum Gasteiger partial charge on any atom is 0.230 e. The third-order valence-corrected chi connectivity index (χ3v) is 5.70. The van der Waals surface area contributed by atoms with Crippen molar-refractivity contribution in [1.29, 1.82) is 0 Å². The van der Waals surface area contributed by atoms with E-state index in [1.807, 2.05) is 0 Å². The van der Waals surface area contributed by atoms with E-state index >= 15 is 0 Å². The molecule has 0 aromatic carbocycles. The molecule has 0 radical (unpaired) electrons. The van der Waals surface area contributed by atoms with Crippen molar-refractivity contribution in [3.8, 4) is 0 Å². The first kappa shape index (κ1) is 16.8. The summed E-state index contributed by atoms with van der Waals surface area (Å²) in [7, 11) is 0. The van der Waals surface area contributed by atoms with Crippen LogP contribution >= 0.6 is 11.8 Å². The van der Waals surface area contributed by atoms with E-state index in [-0.39, 0.29) is 5.91 Å². The first-order valence-electron chi connectivity index (χ1n) is 8.78. The van der Waals surface area contributed by atoms with Gasteiger partial charge in [0.25, 0.3) is 0 Å². The summed E-state index contributed by atoms with van der Waals surface area (Å²) in [5.74, 6) is 2.23. The van der Waals surface area contributed by atoms with E-state index in [1.54, 1.807) is 0 Å². The van der Waals surface area contributed by atoms with Gasteiger partial charge in [-0.05, 0) is 39.2 Å². The maximum atomic E-state index is 12.2. The zero-order valence-corrected chi connectivity index (χ0v) is 14.9. The SMILES string of the molecule is CCN1CCC(NC(=O)CSc2nnc(C3CC3)n2CC)CC1. The number of thioether (sulfide) groups is 1. The molecule has 1 aliphatic heterocycles. The molecule has 0 atom stereocenters. The Hall–Kier alpha value is -1.08. The fraction of sp³-hybridized carbons (Fsp3) is 0.812. The van der Waals surface area contributed by atoms with Gasteiger partial charge in [-0.1, -0.05) is 18.7 Å². The third kappa shape index (κ3) is 4.26. The molecular weight excluding hydrogens is 310 g/mol. The Morgan fingerprint density at radius 2 is 1.91 bits per heavy atom. The standard InChI is InChI=1S/C16H27N5OS/c1-3-20-9-7-13(8-10-20)17-14(22)11-23-16-19-18-15(12-5-6-12)21(16)4-2/h12-13H,3-11H2,1-2H3,(H,17,22). The Kier molecular flexibility index (Phi) is 5.58. The molecule has 2 aliphatic rings. The minimum Gasteiger partial charge on any atom is -0.353 e. The van der Waals surface area contributed by atoms with Crippen LogP contribution in [0.5, 0.6) is 0 Å². The Labute approximate surface area is 142 Å². The number of rotatable bonds is 7. The van der Waals surface area contributed by atoms with Crippen molar-refractivity contribution in [1.82, 2.24) is 25.0 Å². The summed E-state index contributed by atoms with van der Waals surface area (Å²) >= 11 is 1.51. The van der Waals surface area contributed by atoms with Gasteiger partial charge >= 0.3 is 0 Å². The first-order chi connectivity index (χ1) is 11.2. The van der Waals surface area contributed by atoms with Crippen molar-refractivity contribution < 1.29 is 4.79 Å². The summed E-state index contributed by atoms with van der Waals surface area (Å²) in [5, 5.41) is 12.6. The van der Waals surface area contributed by atoms with Gasteiger partial charge in [0.15, 0.2) is 5.16 Å². The fourth-order valence-electron chi connectivity index (χ4n) is 3.14. The van der Waals surface area contributed by atoms with Gasteiger partial charge in [-0.3, -0.25) is 4.79 Å². The number of hydrogen-bond donors (Lipinski definition) is 1. The molecule has 6 nitrogen and oxygen atoms in total. The number of hydrogen-bond acceptors (Lipinski definition) is 5. The van der Waals surface area contributed by atoms with Gasteiger partial charge in [-0.25, -0.2) is 0 Å². The molecule has 0 spiro atoms. The second-order valence-electron chi connectivity index (χ2n) is 6.42. The molecule has 1 saturated carbocycles. The van der Waals surface area contributed by atoms with E-state index in [4.69, 9.17) is 0 Å². The van der Waals surface area contributed by atoms with Crippen LogP contribution in [0.15, 0.2) is 5.16 Å². The van der Waals surface area contributed by atoms with Crippen LogP contribution in [-0.2, 0) is 11.3 Å². The summed E-state index contributed by atoms with van der Waals surface area (Å²) in [4.78, 5) is 14.6.